The van der Waals surface area contributed by atoms with Gasteiger partial charge in [0.15, 0.2) is 5.96 Å². The summed E-state index contributed by atoms with van der Waals surface area (Å²) in [4.78, 5) is 4.35. The fraction of sp³-hybridized carbons (Fsp3) is 0.412. The molecular formula is C17H25N5. The van der Waals surface area contributed by atoms with Gasteiger partial charge in [-0.15, -0.1) is 0 Å². The van der Waals surface area contributed by atoms with Gasteiger partial charge in [-0.1, -0.05) is 44.4 Å². The van der Waals surface area contributed by atoms with Crippen molar-refractivity contribution in [3.8, 4) is 5.69 Å². The number of aliphatic imine (C=N–C) groups is 1. The minimum Gasteiger partial charge on any atom is -0.370 e. The average molecular weight is 299 g/mol. The maximum absolute atomic E-state index is 5.87. The number of aromatic nitrogens is 2. The van der Waals surface area contributed by atoms with Crippen molar-refractivity contribution >= 4 is 5.96 Å². The average Bonchev–Trinajstić information content (AvgIpc) is 3.02. The summed E-state index contributed by atoms with van der Waals surface area (Å²) >= 11 is 0. The highest BCUT2D eigenvalue weighted by Gasteiger charge is 2.00. The lowest BCUT2D eigenvalue weighted by atomic mass is 10.2. The second kappa shape index (κ2) is 8.87. The Labute approximate surface area is 132 Å². The third-order valence-electron chi connectivity index (χ3n) is 3.43. The molecule has 118 valence electrons. The van der Waals surface area contributed by atoms with E-state index in [-0.39, 0.29) is 0 Å². The maximum Gasteiger partial charge on any atom is 0.188 e. The fourth-order valence-electron chi connectivity index (χ4n) is 2.16. The first kappa shape index (κ1) is 16.1. The van der Waals surface area contributed by atoms with E-state index in [2.05, 4.69) is 22.3 Å². The van der Waals surface area contributed by atoms with Crippen LogP contribution >= 0.6 is 0 Å². The summed E-state index contributed by atoms with van der Waals surface area (Å²) in [7, 11) is 0. The quantitative estimate of drug-likeness (QED) is 0.447. The monoisotopic (exact) mass is 299 g/mol. The number of nitrogens with one attached hydrogen (secondary N) is 1. The van der Waals surface area contributed by atoms with Gasteiger partial charge in [0.25, 0.3) is 0 Å². The van der Waals surface area contributed by atoms with E-state index >= 15 is 0 Å². The fourth-order valence-corrected chi connectivity index (χ4v) is 2.16. The first-order valence-electron chi connectivity index (χ1n) is 7.92. The van der Waals surface area contributed by atoms with Gasteiger partial charge in [0.1, 0.15) is 0 Å². The van der Waals surface area contributed by atoms with Gasteiger partial charge in [0.05, 0.1) is 18.4 Å². The van der Waals surface area contributed by atoms with Crippen molar-refractivity contribution in [2.75, 3.05) is 6.54 Å². The van der Waals surface area contributed by atoms with E-state index in [0.29, 0.717) is 12.5 Å². The second-order valence-electron chi connectivity index (χ2n) is 5.32. The van der Waals surface area contributed by atoms with Crippen LogP contribution in [0, 0.1) is 0 Å². The molecule has 3 N–H and O–H groups in total. The van der Waals surface area contributed by atoms with Crippen molar-refractivity contribution in [2.24, 2.45) is 10.7 Å². The Morgan fingerprint density at radius 3 is 2.82 bits per heavy atom. The van der Waals surface area contributed by atoms with Crippen molar-refractivity contribution in [2.45, 2.75) is 39.2 Å². The summed E-state index contributed by atoms with van der Waals surface area (Å²) in [5.41, 5.74) is 7.95. The van der Waals surface area contributed by atoms with Crippen LogP contribution < -0.4 is 11.1 Å². The van der Waals surface area contributed by atoms with Crippen molar-refractivity contribution in [3.63, 3.8) is 0 Å². The van der Waals surface area contributed by atoms with E-state index in [1.54, 1.807) is 0 Å². The standard InChI is InChI=1S/C17H25N5/c1-2-3-4-8-11-19-17(18)20-12-15-13-21-22(14-15)16-9-6-5-7-10-16/h5-7,9-10,13-14H,2-4,8,11-12H2,1H3,(H3,18,19,20). The predicted molar refractivity (Wildman–Crippen MR) is 91.0 cm³/mol. The second-order valence-corrected chi connectivity index (χ2v) is 5.32. The van der Waals surface area contributed by atoms with Gasteiger partial charge in [0.2, 0.25) is 0 Å². The summed E-state index contributed by atoms with van der Waals surface area (Å²) in [5.74, 6) is 0.504. The largest absolute Gasteiger partial charge is 0.370 e. The number of benzene rings is 1. The Bertz CT molecular complexity index is 574. The third-order valence-corrected chi connectivity index (χ3v) is 3.43. The zero-order chi connectivity index (χ0) is 15.6. The lowest BCUT2D eigenvalue weighted by Crippen LogP contribution is -2.32. The summed E-state index contributed by atoms with van der Waals surface area (Å²) < 4.78 is 1.85. The Hall–Kier alpha value is -2.30. The number of hydrogen-bond donors (Lipinski definition) is 2. The Kier molecular flexibility index (Phi) is 6.48. The number of nitrogens with zero attached hydrogens (tertiary/aromatic N) is 3. The molecule has 0 amide bonds. The Morgan fingerprint density at radius 2 is 2.05 bits per heavy atom. The molecule has 22 heavy (non-hydrogen) atoms. The molecule has 5 heteroatoms. The summed E-state index contributed by atoms with van der Waals surface area (Å²) in [6.07, 6.45) is 8.70. The van der Waals surface area contributed by atoms with E-state index in [1.807, 2.05) is 47.4 Å². The van der Waals surface area contributed by atoms with Crippen LogP contribution in [0.25, 0.3) is 5.69 Å². The molecule has 0 saturated carbocycles. The Balaban J connectivity index is 1.79. The molecule has 0 radical (unpaired) electrons. The van der Waals surface area contributed by atoms with Crippen LogP contribution in [-0.2, 0) is 6.54 Å². The van der Waals surface area contributed by atoms with Gasteiger partial charge in [-0.05, 0) is 18.6 Å². The number of unbranched alkanes of at least 4 members (excludes halogenated alkanes) is 3. The number of guanidine groups is 1. The van der Waals surface area contributed by atoms with Crippen LogP contribution in [0.2, 0.25) is 0 Å². The van der Waals surface area contributed by atoms with Crippen LogP contribution in [0.5, 0.6) is 0 Å². The SMILES string of the molecule is CCCCCCNC(N)=NCc1cnn(-c2ccccc2)c1. The normalized spacial score (nSPS) is 11.6. The van der Waals surface area contributed by atoms with Gasteiger partial charge < -0.3 is 11.1 Å². The molecular weight excluding hydrogens is 274 g/mol. The molecule has 1 aromatic carbocycles. The van der Waals surface area contributed by atoms with Crippen LogP contribution in [-0.4, -0.2) is 22.3 Å². The summed E-state index contributed by atoms with van der Waals surface area (Å²) in [5, 5.41) is 7.50. The first-order chi connectivity index (χ1) is 10.8. The van der Waals surface area contributed by atoms with Crippen LogP contribution in [0.15, 0.2) is 47.7 Å². The highest BCUT2D eigenvalue weighted by molar-refractivity contribution is 5.77. The van der Waals surface area contributed by atoms with Gasteiger partial charge in [0, 0.05) is 18.3 Å². The molecule has 0 fully saturated rings. The minimum atomic E-state index is 0.504. The summed E-state index contributed by atoms with van der Waals surface area (Å²) in [6, 6.07) is 10.0. The van der Waals surface area contributed by atoms with Crippen LogP contribution in [0.4, 0.5) is 0 Å². The zero-order valence-corrected chi connectivity index (χ0v) is 13.2. The van der Waals surface area contributed by atoms with Crippen molar-refractivity contribution in [3.05, 3.63) is 48.3 Å². The molecule has 0 aliphatic heterocycles. The first-order valence-corrected chi connectivity index (χ1v) is 7.92. The Morgan fingerprint density at radius 1 is 1.23 bits per heavy atom. The lowest BCUT2D eigenvalue weighted by molar-refractivity contribution is 0.652. The molecule has 1 heterocycles. The van der Waals surface area contributed by atoms with Crippen molar-refractivity contribution in [1.29, 1.82) is 0 Å². The minimum absolute atomic E-state index is 0.504. The van der Waals surface area contributed by atoms with E-state index in [0.717, 1.165) is 24.2 Å². The molecule has 0 unspecified atom stereocenters. The molecule has 0 atom stereocenters. The predicted octanol–water partition coefficient (Wildman–Crippen LogP) is 2.86. The molecule has 5 nitrogen and oxygen atoms in total. The highest BCUT2D eigenvalue weighted by Crippen LogP contribution is 2.08. The number of para-hydroxylation sites is 1. The van der Waals surface area contributed by atoms with Crippen LogP contribution in [0.1, 0.15) is 38.2 Å². The third kappa shape index (κ3) is 5.24. The molecule has 0 aliphatic carbocycles. The molecule has 0 aliphatic rings. The molecule has 0 bridgehead atoms. The van der Waals surface area contributed by atoms with E-state index in [9.17, 15) is 0 Å². The molecule has 2 rings (SSSR count). The van der Waals surface area contributed by atoms with Gasteiger partial charge >= 0.3 is 0 Å². The maximum atomic E-state index is 5.87. The van der Waals surface area contributed by atoms with Gasteiger partial charge in [-0.2, -0.15) is 5.10 Å². The van der Waals surface area contributed by atoms with Crippen molar-refractivity contribution < 1.29 is 0 Å². The molecule has 1 aromatic heterocycles. The number of rotatable bonds is 8. The van der Waals surface area contributed by atoms with Gasteiger partial charge in [-0.25, -0.2) is 9.67 Å². The number of hydrogen-bond acceptors (Lipinski definition) is 2. The number of nitrogens with two attached hydrogens (primary N) is 1. The topological polar surface area (TPSA) is 68.2 Å². The van der Waals surface area contributed by atoms with Crippen molar-refractivity contribution in [1.82, 2.24) is 15.1 Å². The molecule has 0 spiro atoms. The summed E-state index contributed by atoms with van der Waals surface area (Å²) in [6.45, 7) is 3.64. The lowest BCUT2D eigenvalue weighted by Gasteiger charge is -2.04. The van der Waals surface area contributed by atoms with Crippen LogP contribution in [0.3, 0.4) is 0 Å². The van der Waals surface area contributed by atoms with E-state index < -0.39 is 0 Å². The zero-order valence-electron chi connectivity index (χ0n) is 13.2. The van der Waals surface area contributed by atoms with Gasteiger partial charge in [-0.3, -0.25) is 0 Å². The molecule has 0 saturated heterocycles. The smallest absolute Gasteiger partial charge is 0.188 e. The van der Waals surface area contributed by atoms with E-state index in [4.69, 9.17) is 5.73 Å². The highest BCUT2D eigenvalue weighted by atomic mass is 15.3. The molecule has 2 aromatic rings. The van der Waals surface area contributed by atoms with E-state index in [1.165, 1.54) is 19.3 Å².